The number of halogens is 1. The fraction of sp³-hybridized carbons (Fsp3) is 0.273. The van der Waals surface area contributed by atoms with Crippen LogP contribution in [0.3, 0.4) is 0 Å². The molecule has 1 rings (SSSR count). The van der Waals surface area contributed by atoms with E-state index in [1.54, 1.807) is 31.4 Å². The van der Waals surface area contributed by atoms with Gasteiger partial charge in [0.05, 0.1) is 13.7 Å². The van der Waals surface area contributed by atoms with E-state index < -0.39 is 0 Å². The molecule has 2 amide bonds. The van der Waals surface area contributed by atoms with Crippen molar-refractivity contribution < 1.29 is 14.3 Å². The highest BCUT2D eigenvalue weighted by Gasteiger charge is 2.05. The van der Waals surface area contributed by atoms with Crippen molar-refractivity contribution in [1.82, 2.24) is 5.32 Å². The highest BCUT2D eigenvalue weighted by molar-refractivity contribution is 6.27. The lowest BCUT2D eigenvalue weighted by molar-refractivity contribution is -0.122. The maximum atomic E-state index is 11.4. The van der Waals surface area contributed by atoms with Crippen LogP contribution in [-0.4, -0.2) is 31.3 Å². The highest BCUT2D eigenvalue weighted by Crippen LogP contribution is 2.16. The molecule has 1 aromatic rings. The molecule has 92 valence electrons. The molecule has 0 atom stereocenters. The van der Waals surface area contributed by atoms with Crippen molar-refractivity contribution in [3.63, 3.8) is 0 Å². The van der Waals surface area contributed by atoms with Gasteiger partial charge in [-0.2, -0.15) is 0 Å². The molecule has 0 aliphatic rings. The molecule has 0 unspecified atom stereocenters. The van der Waals surface area contributed by atoms with Gasteiger partial charge >= 0.3 is 0 Å². The number of ether oxygens (including phenoxy) is 1. The molecule has 6 heteroatoms. The Hall–Kier alpha value is -1.75. The summed E-state index contributed by atoms with van der Waals surface area (Å²) in [5.74, 6) is -0.219. The van der Waals surface area contributed by atoms with E-state index in [2.05, 4.69) is 10.6 Å². The largest absolute Gasteiger partial charge is 0.497 e. The number of nitrogens with one attached hydrogen (secondary N) is 2. The van der Waals surface area contributed by atoms with Crippen molar-refractivity contribution in [2.75, 3.05) is 24.9 Å². The van der Waals surface area contributed by atoms with E-state index in [0.717, 1.165) is 0 Å². The van der Waals surface area contributed by atoms with Crippen LogP contribution in [0.2, 0.25) is 0 Å². The molecule has 17 heavy (non-hydrogen) atoms. The second-order valence-electron chi connectivity index (χ2n) is 3.19. The molecular weight excluding hydrogens is 244 g/mol. The van der Waals surface area contributed by atoms with Gasteiger partial charge in [0.15, 0.2) is 0 Å². The van der Waals surface area contributed by atoms with Crippen molar-refractivity contribution >= 4 is 29.1 Å². The molecule has 2 N–H and O–H groups in total. The topological polar surface area (TPSA) is 67.4 Å². The third kappa shape index (κ3) is 4.74. The molecule has 5 nitrogen and oxygen atoms in total. The van der Waals surface area contributed by atoms with Crippen molar-refractivity contribution in [3.8, 4) is 5.75 Å². The van der Waals surface area contributed by atoms with Crippen LogP contribution in [0.1, 0.15) is 0 Å². The van der Waals surface area contributed by atoms with Crippen LogP contribution in [-0.2, 0) is 9.59 Å². The molecule has 0 aliphatic heterocycles. The Bertz CT molecular complexity index is 409. The fourth-order valence-corrected chi connectivity index (χ4v) is 1.23. The normalized spacial score (nSPS) is 9.53. The fourth-order valence-electron chi connectivity index (χ4n) is 1.13. The number of alkyl halides is 1. The summed E-state index contributed by atoms with van der Waals surface area (Å²) in [6, 6.07) is 6.93. The molecule has 0 fully saturated rings. The maximum Gasteiger partial charge on any atom is 0.243 e. The number of hydrogen-bond acceptors (Lipinski definition) is 3. The van der Waals surface area contributed by atoms with Gasteiger partial charge < -0.3 is 15.4 Å². The zero-order chi connectivity index (χ0) is 12.7. The Labute approximate surface area is 104 Å². The first-order chi connectivity index (χ1) is 8.15. The number of rotatable bonds is 5. The number of methoxy groups -OCH3 is 1. The summed E-state index contributed by atoms with van der Waals surface area (Å²) in [6.45, 7) is -0.108. The number of amides is 2. The summed E-state index contributed by atoms with van der Waals surface area (Å²) >= 11 is 5.27. The summed E-state index contributed by atoms with van der Waals surface area (Å²) in [6.07, 6.45) is 0. The van der Waals surface area contributed by atoms with Crippen LogP contribution in [0.5, 0.6) is 5.75 Å². The quantitative estimate of drug-likeness (QED) is 0.772. The van der Waals surface area contributed by atoms with E-state index in [0.29, 0.717) is 11.4 Å². The lowest BCUT2D eigenvalue weighted by Gasteiger charge is -2.07. The second-order valence-corrected chi connectivity index (χ2v) is 3.46. The summed E-state index contributed by atoms with van der Waals surface area (Å²) in [7, 11) is 1.54. The van der Waals surface area contributed by atoms with Crippen molar-refractivity contribution in [2.45, 2.75) is 0 Å². The lowest BCUT2D eigenvalue weighted by Crippen LogP contribution is -2.33. The average molecular weight is 257 g/mol. The van der Waals surface area contributed by atoms with Crippen LogP contribution in [0.15, 0.2) is 24.3 Å². The Kier molecular flexibility index (Phi) is 5.29. The van der Waals surface area contributed by atoms with Gasteiger partial charge in [-0.1, -0.05) is 6.07 Å². The Morgan fingerprint density at radius 3 is 2.76 bits per heavy atom. The number of carbonyl (C=O) groups is 2. The minimum Gasteiger partial charge on any atom is -0.497 e. The van der Waals surface area contributed by atoms with E-state index >= 15 is 0 Å². The smallest absolute Gasteiger partial charge is 0.243 e. The Morgan fingerprint density at radius 2 is 2.12 bits per heavy atom. The van der Waals surface area contributed by atoms with Gasteiger partial charge in [-0.05, 0) is 12.1 Å². The van der Waals surface area contributed by atoms with Crippen LogP contribution >= 0.6 is 11.6 Å². The van der Waals surface area contributed by atoms with Crippen LogP contribution in [0, 0.1) is 0 Å². The van der Waals surface area contributed by atoms with Gasteiger partial charge in [0, 0.05) is 11.8 Å². The van der Waals surface area contributed by atoms with E-state index in [9.17, 15) is 9.59 Å². The van der Waals surface area contributed by atoms with E-state index in [-0.39, 0.29) is 24.2 Å². The predicted molar refractivity (Wildman–Crippen MR) is 65.4 cm³/mol. The lowest BCUT2D eigenvalue weighted by atomic mass is 10.3. The average Bonchev–Trinajstić information content (AvgIpc) is 2.36. The molecular formula is C11H13ClN2O3. The molecule has 0 saturated heterocycles. The summed E-state index contributed by atoms with van der Waals surface area (Å²) in [5.41, 5.74) is 0.606. The monoisotopic (exact) mass is 256 g/mol. The van der Waals surface area contributed by atoms with Gasteiger partial charge in [0.25, 0.3) is 0 Å². The third-order valence-electron chi connectivity index (χ3n) is 1.92. The maximum absolute atomic E-state index is 11.4. The SMILES string of the molecule is COc1cccc(NC(=O)CNC(=O)CCl)c1. The van der Waals surface area contributed by atoms with Gasteiger partial charge in [-0.3, -0.25) is 9.59 Å². The summed E-state index contributed by atoms with van der Waals surface area (Å²) in [5, 5.41) is 4.99. The first kappa shape index (κ1) is 13.3. The van der Waals surface area contributed by atoms with Crippen molar-refractivity contribution in [3.05, 3.63) is 24.3 Å². The zero-order valence-electron chi connectivity index (χ0n) is 9.33. The summed E-state index contributed by atoms with van der Waals surface area (Å²) in [4.78, 5) is 22.2. The molecule has 0 aliphatic carbocycles. The van der Waals surface area contributed by atoms with Gasteiger partial charge in [-0.15, -0.1) is 11.6 Å². The van der Waals surface area contributed by atoms with Gasteiger partial charge in [-0.25, -0.2) is 0 Å². The van der Waals surface area contributed by atoms with Crippen LogP contribution in [0.4, 0.5) is 5.69 Å². The number of hydrogen-bond donors (Lipinski definition) is 2. The standard InChI is InChI=1S/C11H13ClN2O3/c1-17-9-4-2-3-8(5-9)14-11(16)7-13-10(15)6-12/h2-5H,6-7H2,1H3,(H,13,15)(H,14,16). The first-order valence-corrected chi connectivity index (χ1v) is 5.45. The Balaban J connectivity index is 2.47. The van der Waals surface area contributed by atoms with Crippen molar-refractivity contribution in [1.29, 1.82) is 0 Å². The molecule has 0 bridgehead atoms. The highest BCUT2D eigenvalue weighted by atomic mass is 35.5. The number of benzene rings is 1. The Morgan fingerprint density at radius 1 is 1.35 bits per heavy atom. The minimum absolute atomic E-state index is 0.108. The molecule has 0 radical (unpaired) electrons. The van der Waals surface area contributed by atoms with E-state index in [1.807, 2.05) is 0 Å². The first-order valence-electron chi connectivity index (χ1n) is 4.92. The summed E-state index contributed by atoms with van der Waals surface area (Å²) < 4.78 is 5.01. The molecule has 0 heterocycles. The van der Waals surface area contributed by atoms with Gasteiger partial charge in [0.2, 0.25) is 11.8 Å². The zero-order valence-corrected chi connectivity index (χ0v) is 10.1. The van der Waals surface area contributed by atoms with E-state index in [1.165, 1.54) is 0 Å². The number of anilines is 1. The molecule has 0 aromatic heterocycles. The van der Waals surface area contributed by atoms with E-state index in [4.69, 9.17) is 16.3 Å². The van der Waals surface area contributed by atoms with Crippen molar-refractivity contribution in [2.24, 2.45) is 0 Å². The van der Waals surface area contributed by atoms with Gasteiger partial charge in [0.1, 0.15) is 11.6 Å². The second kappa shape index (κ2) is 6.75. The minimum atomic E-state index is -0.382. The number of carbonyl (C=O) groups excluding carboxylic acids is 2. The molecule has 0 spiro atoms. The molecule has 1 aromatic carbocycles. The van der Waals surface area contributed by atoms with Crippen LogP contribution < -0.4 is 15.4 Å². The van der Waals surface area contributed by atoms with Crippen LogP contribution in [0.25, 0.3) is 0 Å². The third-order valence-corrected chi connectivity index (χ3v) is 2.16. The molecule has 0 saturated carbocycles. The predicted octanol–water partition coefficient (Wildman–Crippen LogP) is 0.989.